The van der Waals surface area contributed by atoms with Crippen molar-refractivity contribution in [2.24, 2.45) is 164 Å². The van der Waals surface area contributed by atoms with E-state index in [0.717, 1.165) is 76.9 Å². The van der Waals surface area contributed by atoms with Crippen LogP contribution in [0, 0.1) is 164 Å². The highest BCUT2D eigenvalue weighted by molar-refractivity contribution is 5.35. The molecule has 21 atom stereocenters. The van der Waals surface area contributed by atoms with E-state index >= 15 is 0 Å². The standard InChI is InChI=1S/C16H26.7C15H24/c1-12-7-5-6-8-13(2)14-11-16(3,4)15(14)10-9-12;1-11-6-5-8-14(4)12-7-9-15(11,14)10-13(12,2)3;1-11-6-5-8-14(4)9-7-12-13(2,3)10-15(11,12)14;1-10-6-5-7-15(4)11(10)8-12-13(15)9-14(12,2)3;1-13(2)9-10-15-7-4-6-14(3,11-15)8-5-12(13)15;1-14(2)10-13-12(14)7-6-11-5-4-8-15(13,3)9-11;2*1-11-6-5-7-12(2)13-10-15(3,4)14(13)9-8-11/h7,14-15H,2,5-6,8-11H2,1,3-4H3;2*6,12H,5,7-10H2,1-4H3;6,11-13H,5,7-9H2,1-4H3;9-10,12H,4-8,11H2,1-3H3;5,12-13H,4,6-10H2,1-3H3;8,14H,5-7,9-10H2,1-4H3;8,13-14H,2,5-7,9-10H2,1,3-4H3/b12-7-;;;;;;11-8-,13-12-;11-8-/t14-,15-;12?,14-,15?;;;;;;/m10....../s1. The number of hydrogen-bond acceptors (Lipinski definition) is 0. The normalized spacial score (nSPS) is 46.0. The maximum absolute atomic E-state index is 4.33. The third kappa shape index (κ3) is 17.4. The Balaban J connectivity index is 0.000000113. The third-order valence-corrected chi connectivity index (χ3v) is 43.6. The molecule has 0 N–H and O–H groups in total. The van der Waals surface area contributed by atoms with Crippen LogP contribution in [0.2, 0.25) is 0 Å². The van der Waals surface area contributed by atoms with E-state index in [1.165, 1.54) is 281 Å². The van der Waals surface area contributed by atoms with Gasteiger partial charge >= 0.3 is 0 Å². The van der Waals surface area contributed by atoms with Crippen molar-refractivity contribution in [2.45, 2.75) is 464 Å². The van der Waals surface area contributed by atoms with Crippen LogP contribution < -0.4 is 0 Å². The van der Waals surface area contributed by atoms with Crippen LogP contribution in [0.4, 0.5) is 0 Å². The average Bonchev–Trinajstić information content (AvgIpc) is 1.54. The summed E-state index contributed by atoms with van der Waals surface area (Å²) < 4.78 is 0. The lowest BCUT2D eigenvalue weighted by atomic mass is 9.39. The molecule has 0 amide bonds. The van der Waals surface area contributed by atoms with E-state index in [1.807, 2.05) is 0 Å². The molecule has 0 radical (unpaired) electrons. The first-order valence-electron chi connectivity index (χ1n) is 52.7. The molecule has 18 unspecified atom stereocenters. The van der Waals surface area contributed by atoms with Gasteiger partial charge in [0.1, 0.15) is 0 Å². The Morgan fingerprint density at radius 3 is 1.59 bits per heavy atom. The highest BCUT2D eigenvalue weighted by atomic mass is 14.8. The summed E-state index contributed by atoms with van der Waals surface area (Å²) in [4.78, 5) is 0. The third-order valence-electron chi connectivity index (χ3n) is 43.6. The minimum absolute atomic E-state index is 0.471. The number of fused-ring (bicyclic) bond motifs is 11. The van der Waals surface area contributed by atoms with Gasteiger partial charge in [0, 0.05) is 5.41 Å². The molecule has 0 saturated heterocycles. The van der Waals surface area contributed by atoms with E-state index < -0.39 is 0 Å². The molecule has 121 heavy (non-hydrogen) atoms. The largest absolute Gasteiger partial charge is 0.0996 e. The van der Waals surface area contributed by atoms with E-state index in [1.54, 1.807) is 50.2 Å². The fourth-order valence-electron chi connectivity index (χ4n) is 36.1. The summed E-state index contributed by atoms with van der Waals surface area (Å²) in [6.07, 6.45) is 81.2. The molecular weight excluding hydrogens is 1450 g/mol. The summed E-state index contributed by atoms with van der Waals surface area (Å²) in [6.45, 7) is 77.3. The first-order chi connectivity index (χ1) is 56.3. The average molecular weight is 1650 g/mol. The van der Waals surface area contributed by atoms with E-state index in [4.69, 9.17) is 0 Å². The Labute approximate surface area is 751 Å². The van der Waals surface area contributed by atoms with Gasteiger partial charge in [0.2, 0.25) is 0 Å². The van der Waals surface area contributed by atoms with Crippen LogP contribution in [-0.4, -0.2) is 0 Å². The highest BCUT2D eigenvalue weighted by Crippen LogP contribution is 2.80. The Morgan fingerprint density at radius 1 is 0.355 bits per heavy atom. The molecule has 0 heterocycles. The van der Waals surface area contributed by atoms with Crippen molar-refractivity contribution in [3.05, 3.63) is 129 Å². The van der Waals surface area contributed by atoms with Crippen molar-refractivity contribution >= 4 is 0 Å². The molecule has 21 aliphatic rings. The molecule has 21 aliphatic carbocycles. The number of hydrogen-bond donors (Lipinski definition) is 0. The summed E-state index contributed by atoms with van der Waals surface area (Å²) in [7, 11) is 0. The molecule has 13 saturated carbocycles. The second kappa shape index (κ2) is 33.8. The summed E-state index contributed by atoms with van der Waals surface area (Å²) in [5.41, 5.74) is 28.0. The number of rotatable bonds is 0. The molecule has 0 aromatic heterocycles. The molecule has 13 fully saturated rings. The Hall–Kier alpha value is -2.86. The minimum Gasteiger partial charge on any atom is -0.0996 e. The van der Waals surface area contributed by atoms with Crippen molar-refractivity contribution in [3.8, 4) is 0 Å². The van der Waals surface area contributed by atoms with Gasteiger partial charge in [0.25, 0.3) is 0 Å². The molecule has 0 aromatic rings. The van der Waals surface area contributed by atoms with E-state index in [2.05, 4.69) is 262 Å². The Morgan fingerprint density at radius 2 is 0.934 bits per heavy atom. The molecule has 6 bridgehead atoms. The van der Waals surface area contributed by atoms with Crippen molar-refractivity contribution < 1.29 is 0 Å². The Kier molecular flexibility index (Phi) is 26.3. The van der Waals surface area contributed by atoms with Crippen LogP contribution in [0.5, 0.6) is 0 Å². The molecule has 0 aliphatic heterocycles. The van der Waals surface area contributed by atoms with Gasteiger partial charge in [-0.25, -0.2) is 0 Å². The topological polar surface area (TPSA) is 0 Å². The Bertz CT molecular complexity index is 4080. The van der Waals surface area contributed by atoms with E-state index in [-0.39, 0.29) is 0 Å². The summed E-state index contributed by atoms with van der Waals surface area (Å²) in [5, 5.41) is 0. The van der Waals surface area contributed by atoms with Gasteiger partial charge in [0.15, 0.2) is 0 Å². The van der Waals surface area contributed by atoms with Gasteiger partial charge in [0.05, 0.1) is 0 Å². The quantitative estimate of drug-likeness (QED) is 0.212. The SMILES string of the molecule is C/C1=C/CC2/C(=C(/C)CCC1)CC2(C)C.C=C1CCC/C(C)=C\CC2C1CC2(C)C.C=C1CCC/C=C(/C)CC[C@@H]2[C@@H]1CC2(C)C.CC1(C)CC2C1CCC1=CCCC2(C)C1.CC12CCCC3(C=CC(C)(C)C3CC1)C2.CC1=CCCC2(C)C1CC1C2CC1(C)C.CC1=CCCC2(C)CCC3C(C)(C)CC132.CC1=CCC[C@@]2(C)C3CCC12CC3(C)C. The van der Waals surface area contributed by atoms with Crippen molar-refractivity contribution in [1.29, 1.82) is 0 Å². The molecular formula is C121H194. The molecule has 0 heteroatoms. The second-order valence-electron chi connectivity index (χ2n) is 55.0. The maximum atomic E-state index is 4.33. The molecule has 2 spiro atoms. The second-order valence-corrected chi connectivity index (χ2v) is 55.0. The lowest BCUT2D eigenvalue weighted by Gasteiger charge is -2.65. The van der Waals surface area contributed by atoms with Gasteiger partial charge in [-0.2, -0.15) is 0 Å². The van der Waals surface area contributed by atoms with E-state index in [9.17, 15) is 0 Å². The zero-order chi connectivity index (χ0) is 87.9. The van der Waals surface area contributed by atoms with Gasteiger partial charge in [-0.3, -0.25) is 0 Å². The van der Waals surface area contributed by atoms with Crippen molar-refractivity contribution in [1.82, 2.24) is 0 Å². The van der Waals surface area contributed by atoms with Crippen LogP contribution in [0.1, 0.15) is 464 Å². The predicted molar refractivity (Wildman–Crippen MR) is 528 cm³/mol. The summed E-state index contributed by atoms with van der Waals surface area (Å²) in [6, 6.07) is 0. The first kappa shape index (κ1) is 94.3. The molecule has 678 valence electrons. The zero-order valence-corrected chi connectivity index (χ0v) is 85.3. The zero-order valence-electron chi connectivity index (χ0n) is 85.3. The maximum Gasteiger partial charge on any atom is 0.000146 e. The van der Waals surface area contributed by atoms with Crippen LogP contribution in [0.15, 0.2) is 129 Å². The fraction of sp³-hybridized carbons (Fsp3) is 0.818. The van der Waals surface area contributed by atoms with Crippen LogP contribution in [0.3, 0.4) is 0 Å². The van der Waals surface area contributed by atoms with Crippen molar-refractivity contribution in [3.63, 3.8) is 0 Å². The summed E-state index contributed by atoms with van der Waals surface area (Å²) >= 11 is 0. The van der Waals surface area contributed by atoms with Gasteiger partial charge < -0.3 is 0 Å². The fourth-order valence-corrected chi connectivity index (χ4v) is 36.1. The monoisotopic (exact) mass is 1650 g/mol. The van der Waals surface area contributed by atoms with Crippen molar-refractivity contribution in [2.75, 3.05) is 0 Å². The highest BCUT2D eigenvalue weighted by Gasteiger charge is 2.71. The minimum atomic E-state index is 0.471. The molecule has 0 nitrogen and oxygen atoms in total. The van der Waals surface area contributed by atoms with Gasteiger partial charge in [-0.1, -0.05) is 281 Å². The molecule has 0 aromatic carbocycles. The van der Waals surface area contributed by atoms with Gasteiger partial charge in [-0.15, -0.1) is 0 Å². The van der Waals surface area contributed by atoms with Crippen LogP contribution >= 0.6 is 0 Å². The first-order valence-corrected chi connectivity index (χ1v) is 52.7. The van der Waals surface area contributed by atoms with Crippen LogP contribution in [-0.2, 0) is 0 Å². The molecule has 21 rings (SSSR count). The predicted octanol–water partition coefficient (Wildman–Crippen LogP) is 37.4. The lowest BCUT2D eigenvalue weighted by molar-refractivity contribution is -0.118. The van der Waals surface area contributed by atoms with Gasteiger partial charge in [-0.05, 0) is 470 Å². The van der Waals surface area contributed by atoms with E-state index in [0.29, 0.717) is 86.6 Å². The number of allylic oxidation sites excluding steroid dienone is 20. The smallest absolute Gasteiger partial charge is 0.000146 e. The van der Waals surface area contributed by atoms with Crippen LogP contribution in [0.25, 0.3) is 0 Å². The summed E-state index contributed by atoms with van der Waals surface area (Å²) in [5.74, 6) is 12.2. The lowest BCUT2D eigenvalue weighted by Crippen LogP contribution is -2.58.